The smallest absolute Gasteiger partial charge is 0.259 e. The fourth-order valence-electron chi connectivity index (χ4n) is 2.13. The van der Waals surface area contributed by atoms with E-state index in [1.54, 1.807) is 0 Å². The van der Waals surface area contributed by atoms with Gasteiger partial charge < -0.3 is 5.32 Å². The molecule has 0 saturated heterocycles. The van der Waals surface area contributed by atoms with E-state index in [2.05, 4.69) is 17.0 Å². The van der Waals surface area contributed by atoms with E-state index < -0.39 is 11.3 Å². The summed E-state index contributed by atoms with van der Waals surface area (Å²) in [6, 6.07) is 7.57. The molecule has 0 bridgehead atoms. The molecule has 0 aliphatic heterocycles. The summed E-state index contributed by atoms with van der Waals surface area (Å²) < 4.78 is 22.2. The zero-order valence-corrected chi connectivity index (χ0v) is 11.4. The van der Waals surface area contributed by atoms with Gasteiger partial charge in [0.15, 0.2) is 0 Å². The molecular weight excluding hydrogens is 248 g/mol. The van der Waals surface area contributed by atoms with Crippen LogP contribution in [0.3, 0.4) is 0 Å². The molecule has 1 fully saturated rings. The van der Waals surface area contributed by atoms with Crippen molar-refractivity contribution < 1.29 is 8.76 Å². The van der Waals surface area contributed by atoms with E-state index in [9.17, 15) is 4.21 Å². The fraction of sp³-hybridized carbons (Fsp3) is 0.538. The molecule has 4 nitrogen and oxygen atoms in total. The highest BCUT2D eigenvalue weighted by Crippen LogP contribution is 2.36. The number of anilines is 1. The second-order valence-electron chi connectivity index (χ2n) is 4.95. The number of benzene rings is 1. The summed E-state index contributed by atoms with van der Waals surface area (Å²) in [5.74, 6) is 1.62. The van der Waals surface area contributed by atoms with Gasteiger partial charge in [0.1, 0.15) is 0 Å². The number of hydrogen-bond acceptors (Lipinski definition) is 2. The van der Waals surface area contributed by atoms with Gasteiger partial charge in [-0.15, -0.1) is 0 Å². The topological polar surface area (TPSA) is 61.4 Å². The van der Waals surface area contributed by atoms with Crippen molar-refractivity contribution in [1.82, 2.24) is 5.32 Å². The molecule has 1 aromatic rings. The summed E-state index contributed by atoms with van der Waals surface area (Å²) in [7, 11) is 0. The Balaban J connectivity index is 1.85. The summed E-state index contributed by atoms with van der Waals surface area (Å²) in [5, 5.41) is 3.42. The minimum atomic E-state index is -2.02. The highest BCUT2D eigenvalue weighted by atomic mass is 32.2. The van der Waals surface area contributed by atoms with Crippen LogP contribution in [0.1, 0.15) is 25.3 Å². The van der Waals surface area contributed by atoms with Crippen molar-refractivity contribution in [2.75, 3.05) is 11.3 Å². The number of rotatable bonds is 7. The van der Waals surface area contributed by atoms with Gasteiger partial charge in [0.25, 0.3) is 11.3 Å². The van der Waals surface area contributed by atoms with E-state index in [1.807, 2.05) is 24.3 Å². The monoisotopic (exact) mass is 268 g/mol. The van der Waals surface area contributed by atoms with E-state index in [1.165, 1.54) is 12.8 Å². The van der Waals surface area contributed by atoms with E-state index in [0.29, 0.717) is 5.69 Å². The maximum absolute atomic E-state index is 10.8. The normalized spacial score (nSPS) is 18.3. The van der Waals surface area contributed by atoms with Gasteiger partial charge in [-0.3, -0.25) is 9.27 Å². The van der Waals surface area contributed by atoms with Gasteiger partial charge in [0, 0.05) is 6.54 Å². The first-order chi connectivity index (χ1) is 8.66. The Bertz CT molecular complexity index is 421. The van der Waals surface area contributed by atoms with Gasteiger partial charge in [-0.1, -0.05) is 25.1 Å². The molecule has 3 N–H and O–H groups in total. The van der Waals surface area contributed by atoms with Gasteiger partial charge in [-0.25, -0.2) is 4.21 Å². The summed E-state index contributed by atoms with van der Waals surface area (Å²) in [5.41, 5.74) is 1.73. The minimum Gasteiger partial charge on any atom is -0.312 e. The molecule has 5 heteroatoms. The van der Waals surface area contributed by atoms with Crippen LogP contribution in [0.5, 0.6) is 0 Å². The average molecular weight is 268 g/mol. The molecule has 1 aliphatic rings. The lowest BCUT2D eigenvalue weighted by Gasteiger charge is -2.13. The molecule has 0 heterocycles. The van der Waals surface area contributed by atoms with Crippen LogP contribution >= 0.6 is 0 Å². The predicted octanol–water partition coefficient (Wildman–Crippen LogP) is 2.37. The Labute approximate surface area is 111 Å². The number of hydrogen-bond donors (Lipinski definition) is 3. The van der Waals surface area contributed by atoms with Crippen LogP contribution in [0.15, 0.2) is 24.3 Å². The molecular formula is C13H20N2O2S. The Hall–Kier alpha value is -0.910. The third-order valence-electron chi connectivity index (χ3n) is 3.42. The second kappa shape index (κ2) is 6.31. The Morgan fingerprint density at radius 1 is 1.44 bits per heavy atom. The lowest BCUT2D eigenvalue weighted by molar-refractivity contribution is 0.462. The zero-order valence-electron chi connectivity index (χ0n) is 10.6. The molecule has 0 radical (unpaired) electrons. The van der Waals surface area contributed by atoms with Crippen LogP contribution in [0.2, 0.25) is 0 Å². The van der Waals surface area contributed by atoms with Gasteiger partial charge in [0.05, 0.1) is 5.69 Å². The minimum absolute atomic E-state index is 0.713. The maximum atomic E-state index is 10.8. The maximum Gasteiger partial charge on any atom is 0.259 e. The van der Waals surface area contributed by atoms with Gasteiger partial charge >= 0.3 is 0 Å². The lowest BCUT2D eigenvalue weighted by atomic mass is 10.1. The van der Waals surface area contributed by atoms with Crippen LogP contribution in [0.25, 0.3) is 0 Å². The largest absolute Gasteiger partial charge is 0.312 e. The van der Waals surface area contributed by atoms with Crippen molar-refractivity contribution in [2.24, 2.45) is 11.8 Å². The molecule has 1 aromatic carbocycles. The van der Waals surface area contributed by atoms with Crippen LogP contribution in [0.4, 0.5) is 5.69 Å². The van der Waals surface area contributed by atoms with Crippen molar-refractivity contribution in [3.8, 4) is 0 Å². The van der Waals surface area contributed by atoms with Crippen molar-refractivity contribution in [3.63, 3.8) is 0 Å². The summed E-state index contributed by atoms with van der Waals surface area (Å²) >= 11 is -2.02. The van der Waals surface area contributed by atoms with Crippen LogP contribution < -0.4 is 10.0 Å². The first-order valence-corrected chi connectivity index (χ1v) is 7.43. The molecule has 2 unspecified atom stereocenters. The molecule has 2 rings (SSSR count). The van der Waals surface area contributed by atoms with Gasteiger partial charge in [0.2, 0.25) is 0 Å². The molecule has 0 spiro atoms. The molecule has 0 aromatic heterocycles. The highest BCUT2D eigenvalue weighted by molar-refractivity contribution is 7.80. The highest BCUT2D eigenvalue weighted by Gasteiger charge is 2.27. The Morgan fingerprint density at radius 2 is 2.17 bits per heavy atom. The second-order valence-corrected chi connectivity index (χ2v) is 5.66. The quantitative estimate of drug-likeness (QED) is 0.665. The Kier molecular flexibility index (Phi) is 4.74. The third-order valence-corrected chi connectivity index (χ3v) is 3.82. The van der Waals surface area contributed by atoms with E-state index in [4.69, 9.17) is 4.55 Å². The molecule has 1 aliphatic carbocycles. The molecule has 18 heavy (non-hydrogen) atoms. The lowest BCUT2D eigenvalue weighted by Crippen LogP contribution is -2.22. The zero-order chi connectivity index (χ0) is 13.0. The van der Waals surface area contributed by atoms with Crippen LogP contribution in [0, 0.1) is 11.8 Å². The third kappa shape index (κ3) is 4.08. The van der Waals surface area contributed by atoms with Crippen LogP contribution in [-0.2, 0) is 17.8 Å². The van der Waals surface area contributed by atoms with E-state index in [-0.39, 0.29) is 0 Å². The number of para-hydroxylation sites is 1. The fourth-order valence-corrected chi connectivity index (χ4v) is 2.52. The summed E-state index contributed by atoms with van der Waals surface area (Å²) in [4.78, 5) is 0. The van der Waals surface area contributed by atoms with Crippen LogP contribution in [-0.4, -0.2) is 15.3 Å². The molecule has 2 atom stereocenters. The summed E-state index contributed by atoms with van der Waals surface area (Å²) in [6.07, 6.45) is 2.73. The van der Waals surface area contributed by atoms with Crippen molar-refractivity contribution >= 4 is 17.0 Å². The van der Waals surface area contributed by atoms with Gasteiger partial charge in [-0.05, 0) is 42.9 Å². The van der Waals surface area contributed by atoms with E-state index in [0.717, 1.165) is 30.5 Å². The average Bonchev–Trinajstić information content (AvgIpc) is 3.14. The van der Waals surface area contributed by atoms with Crippen molar-refractivity contribution in [2.45, 2.75) is 26.3 Å². The molecule has 100 valence electrons. The SMILES string of the molecule is CC(CNCc1ccccc1NS(=O)O)C1CC1. The molecule has 0 amide bonds. The first kappa shape index (κ1) is 13.5. The number of nitrogens with one attached hydrogen (secondary N) is 2. The van der Waals surface area contributed by atoms with E-state index >= 15 is 0 Å². The predicted molar refractivity (Wildman–Crippen MR) is 74.4 cm³/mol. The summed E-state index contributed by atoms with van der Waals surface area (Å²) in [6.45, 7) is 4.00. The van der Waals surface area contributed by atoms with Crippen molar-refractivity contribution in [3.05, 3.63) is 29.8 Å². The first-order valence-electron chi connectivity index (χ1n) is 6.33. The standard InChI is InChI=1S/C13H20N2O2S/c1-10(11-6-7-11)8-14-9-12-4-2-3-5-13(12)15-18(16)17/h2-5,10-11,14-15H,6-9H2,1H3,(H,16,17). The van der Waals surface area contributed by atoms with Crippen molar-refractivity contribution in [1.29, 1.82) is 0 Å². The van der Waals surface area contributed by atoms with Gasteiger partial charge in [-0.2, -0.15) is 0 Å². The Morgan fingerprint density at radius 3 is 2.83 bits per heavy atom. The molecule has 1 saturated carbocycles.